The zero-order chi connectivity index (χ0) is 21.9. The minimum atomic E-state index is -1.54. The van der Waals surface area contributed by atoms with Crippen molar-refractivity contribution in [3.63, 3.8) is 0 Å². The van der Waals surface area contributed by atoms with Crippen LogP contribution in [0, 0.1) is 11.7 Å². The first-order valence-corrected chi connectivity index (χ1v) is 10.3. The van der Waals surface area contributed by atoms with Crippen molar-refractivity contribution in [2.45, 2.75) is 30.9 Å². The Labute approximate surface area is 176 Å². The Bertz CT molecular complexity index is 1130. The highest BCUT2D eigenvalue weighted by Gasteiger charge is 2.50. The first-order chi connectivity index (χ1) is 14.9. The van der Waals surface area contributed by atoms with Gasteiger partial charge >= 0.3 is 5.97 Å². The molecule has 1 aromatic carbocycles. The number of carboxylic acids is 1. The van der Waals surface area contributed by atoms with Crippen LogP contribution < -0.4 is 20.8 Å². The monoisotopic (exact) mass is 435 g/mol. The van der Waals surface area contributed by atoms with Crippen molar-refractivity contribution < 1.29 is 28.2 Å². The largest absolute Gasteiger partial charge is 0.477 e. The predicted octanol–water partition coefficient (Wildman–Crippen LogP) is 2.03. The molecule has 1 aromatic heterocycles. The Morgan fingerprint density at radius 2 is 2.13 bits per heavy atom. The van der Waals surface area contributed by atoms with Gasteiger partial charge in [0.2, 0.25) is 18.2 Å². The SMILES string of the molecule is NCC12CN(c3cc4c(cc3F)c(=O)c(C(=O)O)c(OCF)n4C3CC3)CC1CCO2. The number of aromatic carboxylic acids is 1. The number of carbonyl (C=O) groups is 1. The quantitative estimate of drug-likeness (QED) is 0.715. The number of hydrogen-bond donors (Lipinski definition) is 2. The summed E-state index contributed by atoms with van der Waals surface area (Å²) in [4.78, 5) is 26.5. The summed E-state index contributed by atoms with van der Waals surface area (Å²) in [5.41, 5.74) is 4.48. The third-order valence-corrected chi connectivity index (χ3v) is 6.73. The molecule has 0 radical (unpaired) electrons. The third kappa shape index (κ3) is 3.00. The van der Waals surface area contributed by atoms with Crippen molar-refractivity contribution in [3.05, 3.63) is 33.7 Å². The maximum Gasteiger partial charge on any atom is 0.345 e. The van der Waals surface area contributed by atoms with E-state index in [0.717, 1.165) is 25.3 Å². The van der Waals surface area contributed by atoms with Crippen LogP contribution in [0.1, 0.15) is 35.7 Å². The number of ether oxygens (including phenoxy) is 2. The summed E-state index contributed by atoms with van der Waals surface area (Å²) in [6.45, 7) is 0.654. The summed E-state index contributed by atoms with van der Waals surface area (Å²) < 4.78 is 40.7. The summed E-state index contributed by atoms with van der Waals surface area (Å²) in [5, 5.41) is 9.49. The molecule has 2 aromatic rings. The van der Waals surface area contributed by atoms with E-state index < -0.39 is 35.2 Å². The third-order valence-electron chi connectivity index (χ3n) is 6.73. The van der Waals surface area contributed by atoms with Gasteiger partial charge in [-0.1, -0.05) is 0 Å². The summed E-state index contributed by atoms with van der Waals surface area (Å²) in [6, 6.07) is 2.46. The topological polar surface area (TPSA) is 107 Å². The molecule has 3 fully saturated rings. The van der Waals surface area contributed by atoms with E-state index in [-0.39, 0.29) is 28.9 Å². The van der Waals surface area contributed by atoms with E-state index in [1.54, 1.807) is 0 Å². The van der Waals surface area contributed by atoms with E-state index in [1.165, 1.54) is 10.6 Å². The number of nitrogens with two attached hydrogens (primary N) is 1. The summed E-state index contributed by atoms with van der Waals surface area (Å²) in [7, 11) is 0. The highest BCUT2D eigenvalue weighted by molar-refractivity contribution is 5.96. The van der Waals surface area contributed by atoms with Gasteiger partial charge in [0.25, 0.3) is 0 Å². The second-order valence-electron chi connectivity index (χ2n) is 8.47. The predicted molar refractivity (Wildman–Crippen MR) is 108 cm³/mol. The Hall–Kier alpha value is -2.72. The maximum atomic E-state index is 15.2. The maximum absolute atomic E-state index is 15.2. The van der Waals surface area contributed by atoms with Crippen LogP contribution in [0.2, 0.25) is 0 Å². The number of anilines is 1. The Kier molecular flexibility index (Phi) is 4.67. The fourth-order valence-corrected chi connectivity index (χ4v) is 5.06. The molecule has 2 aliphatic heterocycles. The molecule has 2 unspecified atom stereocenters. The molecule has 0 amide bonds. The smallest absolute Gasteiger partial charge is 0.345 e. The molecule has 3 heterocycles. The molecule has 5 rings (SSSR count). The van der Waals surface area contributed by atoms with Gasteiger partial charge in [-0.25, -0.2) is 13.6 Å². The molecule has 2 atom stereocenters. The standard InChI is InChI=1S/C21H23F2N3O5/c22-10-30-19-17(20(28)29)18(27)13-5-14(23)16(6-15(13)26(19)12-1-2-12)25-7-11-3-4-31-21(11,8-24)9-25/h5-6,11-12H,1-4,7-10,24H2,(H,28,29). The molecule has 1 aliphatic carbocycles. The van der Waals surface area contributed by atoms with E-state index >= 15 is 4.39 Å². The zero-order valence-electron chi connectivity index (χ0n) is 16.8. The van der Waals surface area contributed by atoms with Crippen LogP contribution in [-0.4, -0.2) is 54.3 Å². The number of fused-ring (bicyclic) bond motifs is 2. The lowest BCUT2D eigenvalue weighted by Gasteiger charge is -2.27. The number of halogens is 2. The normalized spacial score (nSPS) is 25.3. The van der Waals surface area contributed by atoms with Gasteiger partial charge in [0.15, 0.2) is 5.56 Å². The summed E-state index contributed by atoms with van der Waals surface area (Å²) in [5.74, 6) is -2.32. The van der Waals surface area contributed by atoms with Crippen LogP contribution >= 0.6 is 0 Å². The van der Waals surface area contributed by atoms with E-state index in [4.69, 9.17) is 15.2 Å². The van der Waals surface area contributed by atoms with Crippen LogP contribution in [0.3, 0.4) is 0 Å². The van der Waals surface area contributed by atoms with Gasteiger partial charge in [-0.3, -0.25) is 4.79 Å². The molecular weight excluding hydrogens is 412 g/mol. The average Bonchev–Trinajstić information content (AvgIpc) is 3.38. The van der Waals surface area contributed by atoms with Gasteiger partial charge in [0.05, 0.1) is 11.2 Å². The molecule has 31 heavy (non-hydrogen) atoms. The summed E-state index contributed by atoms with van der Waals surface area (Å²) in [6.07, 6.45) is 2.29. The van der Waals surface area contributed by atoms with Gasteiger partial charge in [-0.15, -0.1) is 0 Å². The molecule has 0 spiro atoms. The number of aromatic nitrogens is 1. The molecular formula is C21H23F2N3O5. The molecule has 3 aliphatic rings. The van der Waals surface area contributed by atoms with Crippen molar-refractivity contribution in [3.8, 4) is 5.88 Å². The van der Waals surface area contributed by atoms with Gasteiger partial charge in [-0.05, 0) is 31.4 Å². The lowest BCUT2D eigenvalue weighted by Crippen LogP contribution is -2.44. The van der Waals surface area contributed by atoms with Gasteiger partial charge in [0.1, 0.15) is 11.4 Å². The van der Waals surface area contributed by atoms with E-state index in [1.807, 2.05) is 4.90 Å². The highest BCUT2D eigenvalue weighted by Crippen LogP contribution is 2.44. The number of rotatable bonds is 6. The minimum absolute atomic E-state index is 0.0686. The van der Waals surface area contributed by atoms with Gasteiger partial charge in [-0.2, -0.15) is 0 Å². The van der Waals surface area contributed by atoms with Crippen molar-refractivity contribution >= 4 is 22.6 Å². The van der Waals surface area contributed by atoms with Crippen LogP contribution in [0.25, 0.3) is 10.9 Å². The van der Waals surface area contributed by atoms with Crippen molar-refractivity contribution in [1.29, 1.82) is 0 Å². The molecule has 1 saturated carbocycles. The minimum Gasteiger partial charge on any atom is -0.477 e. The molecule has 8 nitrogen and oxygen atoms in total. The number of carboxylic acid groups (broad SMARTS) is 1. The van der Waals surface area contributed by atoms with Gasteiger partial charge < -0.3 is 29.8 Å². The first kappa shape index (κ1) is 20.2. The van der Waals surface area contributed by atoms with Gasteiger partial charge in [0, 0.05) is 43.6 Å². The number of alkyl halides is 1. The van der Waals surface area contributed by atoms with E-state index in [9.17, 15) is 19.1 Å². The van der Waals surface area contributed by atoms with Crippen LogP contribution in [-0.2, 0) is 4.74 Å². The number of pyridine rings is 1. The number of nitrogens with zero attached hydrogens (tertiary/aromatic N) is 2. The Balaban J connectivity index is 1.71. The first-order valence-electron chi connectivity index (χ1n) is 10.3. The highest BCUT2D eigenvalue weighted by atomic mass is 19.1. The molecule has 10 heteroatoms. The fraction of sp³-hybridized carbons (Fsp3) is 0.524. The molecule has 166 valence electrons. The van der Waals surface area contributed by atoms with Crippen LogP contribution in [0.15, 0.2) is 16.9 Å². The zero-order valence-corrected chi connectivity index (χ0v) is 16.8. The second kappa shape index (κ2) is 7.16. The average molecular weight is 435 g/mol. The van der Waals surface area contributed by atoms with Crippen molar-refractivity contribution in [1.82, 2.24) is 4.57 Å². The van der Waals surface area contributed by atoms with Crippen molar-refractivity contribution in [2.24, 2.45) is 11.7 Å². The fourth-order valence-electron chi connectivity index (χ4n) is 5.06. The molecule has 3 N–H and O–H groups in total. The van der Waals surface area contributed by atoms with Crippen LogP contribution in [0.4, 0.5) is 14.5 Å². The lowest BCUT2D eigenvalue weighted by atomic mass is 9.91. The molecule has 2 saturated heterocycles. The van der Waals surface area contributed by atoms with Crippen LogP contribution in [0.5, 0.6) is 5.88 Å². The lowest BCUT2D eigenvalue weighted by molar-refractivity contribution is 0.0126. The Morgan fingerprint density at radius 1 is 1.35 bits per heavy atom. The second-order valence-corrected chi connectivity index (χ2v) is 8.47. The van der Waals surface area contributed by atoms with E-state index in [0.29, 0.717) is 31.8 Å². The van der Waals surface area contributed by atoms with Crippen molar-refractivity contribution in [2.75, 3.05) is 38.0 Å². The number of benzene rings is 1. The number of hydrogen-bond acceptors (Lipinski definition) is 6. The van der Waals surface area contributed by atoms with E-state index in [2.05, 4.69) is 0 Å². The summed E-state index contributed by atoms with van der Waals surface area (Å²) >= 11 is 0. The molecule has 0 bridgehead atoms. The Morgan fingerprint density at radius 3 is 2.74 bits per heavy atom.